The Morgan fingerprint density at radius 1 is 1.50 bits per heavy atom. The number of aliphatic imine (C=N–C) groups is 1. The van der Waals surface area contributed by atoms with Crippen LogP contribution >= 0.6 is 0 Å². The minimum absolute atomic E-state index is 0.326. The molecule has 0 aliphatic carbocycles. The lowest BCUT2D eigenvalue weighted by molar-refractivity contribution is -0.149. The molecule has 0 fully saturated rings. The highest BCUT2D eigenvalue weighted by Gasteiger charge is 2.18. The van der Waals surface area contributed by atoms with E-state index < -0.39 is 5.60 Å². The standard InChI is InChI=1S/C11H15NO2/c1-11(2,3)14-10(13)9-6-4-5-7-12-8-9/h4,6-8H,5H2,1-3H3. The molecule has 0 aromatic heterocycles. The van der Waals surface area contributed by atoms with E-state index in [9.17, 15) is 4.79 Å². The SMILES string of the molecule is CC(C)(C)OC(=O)C1=CN=CCC=C1. The number of nitrogens with zero attached hydrogens (tertiary/aromatic N) is 1. The Bertz CT molecular complexity index is 306. The first-order valence-corrected chi connectivity index (χ1v) is 4.61. The van der Waals surface area contributed by atoms with Crippen molar-refractivity contribution < 1.29 is 9.53 Å². The molecule has 0 aromatic carbocycles. The maximum absolute atomic E-state index is 11.6. The fourth-order valence-electron chi connectivity index (χ4n) is 0.951. The van der Waals surface area contributed by atoms with Gasteiger partial charge in [0.1, 0.15) is 5.60 Å². The number of allylic oxidation sites excluding steroid dienone is 1. The summed E-state index contributed by atoms with van der Waals surface area (Å²) in [5, 5.41) is 0. The van der Waals surface area contributed by atoms with E-state index >= 15 is 0 Å². The third kappa shape index (κ3) is 3.56. The number of hydrogen-bond donors (Lipinski definition) is 0. The molecule has 0 radical (unpaired) electrons. The molecule has 0 bridgehead atoms. The first-order chi connectivity index (χ1) is 6.49. The molecule has 0 N–H and O–H groups in total. The largest absolute Gasteiger partial charge is 0.456 e. The number of rotatable bonds is 1. The van der Waals surface area contributed by atoms with Crippen molar-refractivity contribution in [3.8, 4) is 0 Å². The predicted molar refractivity (Wildman–Crippen MR) is 56.2 cm³/mol. The minimum Gasteiger partial charge on any atom is -0.456 e. The van der Waals surface area contributed by atoms with Crippen LogP contribution in [-0.2, 0) is 9.53 Å². The topological polar surface area (TPSA) is 38.7 Å². The summed E-state index contributed by atoms with van der Waals surface area (Å²) in [7, 11) is 0. The Labute approximate surface area is 84.2 Å². The van der Waals surface area contributed by atoms with E-state index in [2.05, 4.69) is 4.99 Å². The van der Waals surface area contributed by atoms with E-state index in [1.807, 2.05) is 26.8 Å². The molecule has 14 heavy (non-hydrogen) atoms. The molecule has 1 heterocycles. The Morgan fingerprint density at radius 3 is 2.86 bits per heavy atom. The molecular weight excluding hydrogens is 178 g/mol. The molecule has 1 aliphatic rings. The summed E-state index contributed by atoms with van der Waals surface area (Å²) in [6.07, 6.45) is 7.64. The Balaban J connectivity index is 2.69. The van der Waals surface area contributed by atoms with Gasteiger partial charge in [-0.05, 0) is 26.8 Å². The van der Waals surface area contributed by atoms with Crippen LogP contribution in [0.25, 0.3) is 0 Å². The van der Waals surface area contributed by atoms with E-state index in [1.165, 1.54) is 6.20 Å². The van der Waals surface area contributed by atoms with Crippen molar-refractivity contribution >= 4 is 12.2 Å². The predicted octanol–water partition coefficient (Wildman–Crippen LogP) is 2.24. The number of carbonyl (C=O) groups excluding carboxylic acids is 1. The van der Waals surface area contributed by atoms with Crippen molar-refractivity contribution in [1.82, 2.24) is 0 Å². The van der Waals surface area contributed by atoms with Gasteiger partial charge in [0.15, 0.2) is 0 Å². The molecule has 0 unspecified atom stereocenters. The molecule has 1 rings (SSSR count). The average Bonchev–Trinajstić information content (AvgIpc) is 2.27. The molecule has 0 saturated heterocycles. The molecule has 3 nitrogen and oxygen atoms in total. The van der Waals surface area contributed by atoms with Gasteiger partial charge in [-0.1, -0.05) is 6.08 Å². The van der Waals surface area contributed by atoms with Crippen molar-refractivity contribution in [1.29, 1.82) is 0 Å². The highest BCUT2D eigenvalue weighted by Crippen LogP contribution is 2.12. The van der Waals surface area contributed by atoms with Crippen molar-refractivity contribution in [2.75, 3.05) is 0 Å². The first kappa shape index (κ1) is 10.7. The second kappa shape index (κ2) is 4.22. The van der Waals surface area contributed by atoms with Gasteiger partial charge in [0.05, 0.1) is 5.57 Å². The van der Waals surface area contributed by atoms with E-state index in [-0.39, 0.29) is 5.97 Å². The fourth-order valence-corrected chi connectivity index (χ4v) is 0.951. The number of hydrogen-bond acceptors (Lipinski definition) is 3. The Morgan fingerprint density at radius 2 is 2.21 bits per heavy atom. The van der Waals surface area contributed by atoms with Gasteiger partial charge in [0.2, 0.25) is 0 Å². The van der Waals surface area contributed by atoms with Gasteiger partial charge >= 0.3 is 5.97 Å². The van der Waals surface area contributed by atoms with Crippen molar-refractivity contribution in [3.63, 3.8) is 0 Å². The summed E-state index contributed by atoms with van der Waals surface area (Å²) in [4.78, 5) is 15.5. The lowest BCUT2D eigenvalue weighted by Crippen LogP contribution is -2.24. The second-order valence-corrected chi connectivity index (χ2v) is 4.06. The average molecular weight is 193 g/mol. The molecule has 0 atom stereocenters. The van der Waals surface area contributed by atoms with Crippen molar-refractivity contribution in [2.24, 2.45) is 4.99 Å². The maximum Gasteiger partial charge on any atom is 0.340 e. The third-order valence-electron chi connectivity index (χ3n) is 1.49. The van der Waals surface area contributed by atoms with Crippen LogP contribution in [0.3, 0.4) is 0 Å². The molecule has 0 saturated carbocycles. The zero-order valence-corrected chi connectivity index (χ0v) is 8.78. The molecule has 0 aromatic rings. The second-order valence-electron chi connectivity index (χ2n) is 4.06. The molecular formula is C11H15NO2. The van der Waals surface area contributed by atoms with Gasteiger partial charge in [-0.15, -0.1) is 0 Å². The highest BCUT2D eigenvalue weighted by atomic mass is 16.6. The van der Waals surface area contributed by atoms with Crippen molar-refractivity contribution in [2.45, 2.75) is 32.8 Å². The van der Waals surface area contributed by atoms with Crippen LogP contribution in [0.2, 0.25) is 0 Å². The van der Waals surface area contributed by atoms with Crippen LogP contribution in [-0.4, -0.2) is 17.8 Å². The summed E-state index contributed by atoms with van der Waals surface area (Å²) in [6, 6.07) is 0. The summed E-state index contributed by atoms with van der Waals surface area (Å²) in [6.45, 7) is 5.53. The molecule has 3 heteroatoms. The third-order valence-corrected chi connectivity index (χ3v) is 1.49. The van der Waals surface area contributed by atoms with E-state index in [0.717, 1.165) is 6.42 Å². The zero-order valence-electron chi connectivity index (χ0n) is 8.78. The molecule has 76 valence electrons. The Kier molecular flexibility index (Phi) is 3.23. The lowest BCUT2D eigenvalue weighted by atomic mass is 10.2. The van der Waals surface area contributed by atoms with E-state index in [4.69, 9.17) is 4.74 Å². The quantitative estimate of drug-likeness (QED) is 0.599. The summed E-state index contributed by atoms with van der Waals surface area (Å²) in [5.74, 6) is -0.326. The van der Waals surface area contributed by atoms with Gasteiger partial charge in [-0.3, -0.25) is 4.99 Å². The normalized spacial score (nSPS) is 16.1. The number of carbonyl (C=O) groups is 1. The Hall–Kier alpha value is -1.38. The highest BCUT2D eigenvalue weighted by molar-refractivity contribution is 5.92. The fraction of sp³-hybridized carbons (Fsp3) is 0.455. The van der Waals surface area contributed by atoms with Crippen LogP contribution in [0.5, 0.6) is 0 Å². The molecule has 1 aliphatic heterocycles. The summed E-state index contributed by atoms with van der Waals surface area (Å²) >= 11 is 0. The number of esters is 1. The van der Waals surface area contributed by atoms with E-state index in [0.29, 0.717) is 5.57 Å². The van der Waals surface area contributed by atoms with Crippen LogP contribution in [0.15, 0.2) is 28.9 Å². The smallest absolute Gasteiger partial charge is 0.340 e. The number of ether oxygens (including phenoxy) is 1. The van der Waals surface area contributed by atoms with Gasteiger partial charge in [0, 0.05) is 18.8 Å². The summed E-state index contributed by atoms with van der Waals surface area (Å²) < 4.78 is 5.20. The minimum atomic E-state index is -0.457. The van der Waals surface area contributed by atoms with Crippen LogP contribution in [0, 0.1) is 0 Å². The van der Waals surface area contributed by atoms with Crippen LogP contribution in [0.1, 0.15) is 27.2 Å². The van der Waals surface area contributed by atoms with Gasteiger partial charge in [-0.25, -0.2) is 4.79 Å². The van der Waals surface area contributed by atoms with Gasteiger partial charge in [0.25, 0.3) is 0 Å². The van der Waals surface area contributed by atoms with Crippen molar-refractivity contribution in [3.05, 3.63) is 23.9 Å². The zero-order chi connectivity index (χ0) is 10.6. The molecule has 0 amide bonds. The maximum atomic E-state index is 11.6. The van der Waals surface area contributed by atoms with Gasteiger partial charge in [-0.2, -0.15) is 0 Å². The van der Waals surface area contributed by atoms with Gasteiger partial charge < -0.3 is 4.74 Å². The lowest BCUT2D eigenvalue weighted by Gasteiger charge is -2.19. The van der Waals surface area contributed by atoms with Crippen LogP contribution < -0.4 is 0 Å². The van der Waals surface area contributed by atoms with E-state index in [1.54, 1.807) is 12.3 Å². The summed E-state index contributed by atoms with van der Waals surface area (Å²) in [5.41, 5.74) is 0.0376. The molecule has 0 spiro atoms. The van der Waals surface area contributed by atoms with Crippen LogP contribution in [0.4, 0.5) is 0 Å². The monoisotopic (exact) mass is 193 g/mol. The first-order valence-electron chi connectivity index (χ1n) is 4.61.